The molecule has 0 N–H and O–H groups in total. The Labute approximate surface area is 166 Å². The van der Waals surface area contributed by atoms with Crippen molar-refractivity contribution < 1.29 is 28.3 Å². The zero-order valence-electron chi connectivity index (χ0n) is 16.0. The van der Waals surface area contributed by atoms with E-state index < -0.39 is 18.1 Å². The molecule has 2 aliphatic rings. The molecule has 1 aliphatic carbocycles. The molecule has 1 aromatic heterocycles. The number of benzene rings is 1. The summed E-state index contributed by atoms with van der Waals surface area (Å²) in [4.78, 5) is 50.1. The minimum atomic E-state index is -0.694. The monoisotopic (exact) mass is 399 g/mol. The Morgan fingerprint density at radius 1 is 1.10 bits per heavy atom. The van der Waals surface area contributed by atoms with Crippen molar-refractivity contribution >= 4 is 28.8 Å². The smallest absolute Gasteiger partial charge is 0.336 e. The van der Waals surface area contributed by atoms with E-state index in [-0.39, 0.29) is 30.3 Å². The summed E-state index contributed by atoms with van der Waals surface area (Å²) in [7, 11) is 1.50. The number of imide groups is 1. The molecule has 152 valence electrons. The van der Waals surface area contributed by atoms with Gasteiger partial charge in [0.05, 0.1) is 18.9 Å². The Morgan fingerprint density at radius 3 is 2.45 bits per heavy atom. The van der Waals surface area contributed by atoms with Crippen LogP contribution in [-0.2, 0) is 25.7 Å². The number of ether oxygens (including phenoxy) is 2. The number of carbonyl (C=O) groups excluding carboxylic acids is 3. The van der Waals surface area contributed by atoms with E-state index in [1.807, 2.05) is 0 Å². The molecule has 4 rings (SSSR count). The molecule has 8 nitrogen and oxygen atoms in total. The van der Waals surface area contributed by atoms with Gasteiger partial charge in [-0.2, -0.15) is 0 Å². The van der Waals surface area contributed by atoms with Gasteiger partial charge in [-0.3, -0.25) is 19.3 Å². The van der Waals surface area contributed by atoms with Crippen molar-refractivity contribution in [3.63, 3.8) is 0 Å². The molecule has 2 atom stereocenters. The molecule has 8 heteroatoms. The van der Waals surface area contributed by atoms with Crippen LogP contribution in [0, 0.1) is 11.8 Å². The third-order valence-corrected chi connectivity index (χ3v) is 5.65. The minimum Gasteiger partial charge on any atom is -0.497 e. The fourth-order valence-electron chi connectivity index (χ4n) is 4.18. The Kier molecular flexibility index (Phi) is 5.08. The van der Waals surface area contributed by atoms with Gasteiger partial charge in [0, 0.05) is 23.1 Å². The lowest BCUT2D eigenvalue weighted by Crippen LogP contribution is -2.36. The molecule has 1 saturated carbocycles. The zero-order chi connectivity index (χ0) is 20.5. The SMILES string of the molecule is COc1ccc2c(COC(=O)CN3C(=O)[C@H]4CCCC[C@@H]4C3=O)cc(=O)oc2c1. The highest BCUT2D eigenvalue weighted by atomic mass is 16.5. The van der Waals surface area contributed by atoms with Gasteiger partial charge in [-0.1, -0.05) is 12.8 Å². The second-order valence-electron chi connectivity index (χ2n) is 7.37. The Bertz CT molecular complexity index is 1020. The number of hydrogen-bond acceptors (Lipinski definition) is 7. The number of rotatable bonds is 5. The van der Waals surface area contributed by atoms with Crippen LogP contribution in [0.3, 0.4) is 0 Å². The molecule has 2 aromatic rings. The molecular weight excluding hydrogens is 378 g/mol. The topological polar surface area (TPSA) is 103 Å². The molecular formula is C21H21NO7. The number of likely N-dealkylation sites (tertiary alicyclic amines) is 1. The number of carbonyl (C=O) groups is 3. The number of hydrogen-bond donors (Lipinski definition) is 0. The maximum atomic E-state index is 12.5. The Hall–Kier alpha value is -3.16. The summed E-state index contributed by atoms with van der Waals surface area (Å²) < 4.78 is 15.5. The molecule has 1 aliphatic heterocycles. The van der Waals surface area contributed by atoms with Crippen LogP contribution in [0.15, 0.2) is 33.5 Å². The third-order valence-electron chi connectivity index (χ3n) is 5.65. The largest absolute Gasteiger partial charge is 0.497 e. The van der Waals surface area contributed by atoms with E-state index >= 15 is 0 Å². The van der Waals surface area contributed by atoms with Gasteiger partial charge in [0.15, 0.2) is 0 Å². The van der Waals surface area contributed by atoms with E-state index in [1.54, 1.807) is 18.2 Å². The third kappa shape index (κ3) is 3.62. The van der Waals surface area contributed by atoms with Crippen LogP contribution in [-0.4, -0.2) is 36.3 Å². The summed E-state index contributed by atoms with van der Waals surface area (Å²) in [6, 6.07) is 6.24. The van der Waals surface area contributed by atoms with Gasteiger partial charge in [0.1, 0.15) is 24.5 Å². The number of fused-ring (bicyclic) bond motifs is 2. The Balaban J connectivity index is 1.46. The van der Waals surface area contributed by atoms with Gasteiger partial charge in [0.2, 0.25) is 11.8 Å². The van der Waals surface area contributed by atoms with Gasteiger partial charge in [0.25, 0.3) is 0 Å². The lowest BCUT2D eigenvalue weighted by Gasteiger charge is -2.19. The van der Waals surface area contributed by atoms with E-state index in [4.69, 9.17) is 13.9 Å². The molecule has 2 fully saturated rings. The first kappa shape index (κ1) is 19.2. The van der Waals surface area contributed by atoms with E-state index in [0.717, 1.165) is 17.7 Å². The van der Waals surface area contributed by atoms with E-state index in [2.05, 4.69) is 0 Å². The van der Waals surface area contributed by atoms with Crippen LogP contribution in [0.1, 0.15) is 31.2 Å². The molecule has 0 spiro atoms. The van der Waals surface area contributed by atoms with Crippen LogP contribution >= 0.6 is 0 Å². The molecule has 0 bridgehead atoms. The predicted molar refractivity (Wildman–Crippen MR) is 101 cm³/mol. The van der Waals surface area contributed by atoms with Crippen molar-refractivity contribution in [2.24, 2.45) is 11.8 Å². The number of methoxy groups -OCH3 is 1. The van der Waals surface area contributed by atoms with Crippen molar-refractivity contribution in [3.05, 3.63) is 40.2 Å². The summed E-state index contributed by atoms with van der Waals surface area (Å²) >= 11 is 0. The lowest BCUT2D eigenvalue weighted by molar-refractivity contribution is -0.153. The summed E-state index contributed by atoms with van der Waals surface area (Å²) in [6.07, 6.45) is 3.23. The summed E-state index contributed by atoms with van der Waals surface area (Å²) in [5.74, 6) is -1.34. The first-order valence-corrected chi connectivity index (χ1v) is 9.59. The molecule has 0 radical (unpaired) electrons. The molecule has 29 heavy (non-hydrogen) atoms. The summed E-state index contributed by atoms with van der Waals surface area (Å²) in [5, 5.41) is 0.609. The molecule has 0 unspecified atom stereocenters. The normalized spacial score (nSPS) is 21.3. The molecule has 2 heterocycles. The fourth-order valence-corrected chi connectivity index (χ4v) is 4.18. The van der Waals surface area contributed by atoms with Crippen LogP contribution in [0.4, 0.5) is 0 Å². The minimum absolute atomic E-state index is 0.170. The quantitative estimate of drug-likeness (QED) is 0.430. The average Bonchev–Trinajstić information content (AvgIpc) is 2.96. The van der Waals surface area contributed by atoms with Crippen molar-refractivity contribution in [3.8, 4) is 5.75 Å². The van der Waals surface area contributed by atoms with Gasteiger partial charge < -0.3 is 13.9 Å². The van der Waals surface area contributed by atoms with Crippen molar-refractivity contribution in [2.45, 2.75) is 32.3 Å². The highest BCUT2D eigenvalue weighted by Gasteiger charge is 2.48. The second kappa shape index (κ2) is 7.69. The highest BCUT2D eigenvalue weighted by molar-refractivity contribution is 6.07. The average molecular weight is 399 g/mol. The first-order valence-electron chi connectivity index (χ1n) is 9.59. The number of esters is 1. The fraction of sp³-hybridized carbons (Fsp3) is 0.429. The molecule has 2 amide bonds. The van der Waals surface area contributed by atoms with E-state index in [0.29, 0.717) is 35.1 Å². The van der Waals surface area contributed by atoms with Crippen LogP contribution in [0.25, 0.3) is 11.0 Å². The second-order valence-corrected chi connectivity index (χ2v) is 7.37. The van der Waals surface area contributed by atoms with Gasteiger partial charge in [-0.25, -0.2) is 4.79 Å². The van der Waals surface area contributed by atoms with E-state index in [9.17, 15) is 19.2 Å². The van der Waals surface area contributed by atoms with Crippen molar-refractivity contribution in [1.82, 2.24) is 4.90 Å². The Morgan fingerprint density at radius 2 is 1.79 bits per heavy atom. The molecule has 1 saturated heterocycles. The van der Waals surface area contributed by atoms with Gasteiger partial charge in [-0.15, -0.1) is 0 Å². The summed E-state index contributed by atoms with van der Waals surface area (Å²) in [6.45, 7) is -0.575. The van der Waals surface area contributed by atoms with Crippen LogP contribution < -0.4 is 10.4 Å². The number of nitrogens with zero attached hydrogens (tertiary/aromatic N) is 1. The highest BCUT2D eigenvalue weighted by Crippen LogP contribution is 2.37. The standard InChI is InChI=1S/C21H21NO7/c1-27-13-6-7-14-12(8-18(23)29-17(14)9-13)11-28-19(24)10-22-20(25)15-4-2-3-5-16(15)21(22)26/h6-9,15-16H,2-5,10-11H2,1H3/t15-,16-/m0/s1. The van der Waals surface area contributed by atoms with Crippen molar-refractivity contribution in [1.29, 1.82) is 0 Å². The maximum Gasteiger partial charge on any atom is 0.336 e. The lowest BCUT2D eigenvalue weighted by atomic mass is 9.81. The van der Waals surface area contributed by atoms with Crippen LogP contribution in [0.2, 0.25) is 0 Å². The zero-order valence-corrected chi connectivity index (χ0v) is 16.0. The van der Waals surface area contributed by atoms with Crippen molar-refractivity contribution in [2.75, 3.05) is 13.7 Å². The number of amides is 2. The predicted octanol–water partition coefficient (Wildman–Crippen LogP) is 2.02. The maximum absolute atomic E-state index is 12.5. The summed E-state index contributed by atoms with van der Waals surface area (Å²) in [5.41, 5.74) is 0.211. The van der Waals surface area contributed by atoms with Gasteiger partial charge >= 0.3 is 11.6 Å². The van der Waals surface area contributed by atoms with Gasteiger partial charge in [-0.05, 0) is 25.0 Å². The van der Waals surface area contributed by atoms with Crippen LogP contribution in [0.5, 0.6) is 5.75 Å². The molecule has 1 aromatic carbocycles. The first-order chi connectivity index (χ1) is 14.0. The van der Waals surface area contributed by atoms with E-state index in [1.165, 1.54) is 13.2 Å².